The molecule has 0 aromatic carbocycles. The lowest BCUT2D eigenvalue weighted by atomic mass is 10.0. The normalized spacial score (nSPS) is 23.5. The number of nitrogens with one attached hydrogen (secondary N) is 1. The fourth-order valence-electron chi connectivity index (χ4n) is 2.37. The van der Waals surface area contributed by atoms with Crippen molar-refractivity contribution in [2.24, 2.45) is 0 Å². The van der Waals surface area contributed by atoms with Crippen LogP contribution in [0.5, 0.6) is 0 Å². The Labute approximate surface area is 118 Å². The highest BCUT2D eigenvalue weighted by atomic mass is 16.5. The Balaban J connectivity index is 2.31. The highest BCUT2D eigenvalue weighted by Gasteiger charge is 2.21. The molecule has 0 aromatic rings. The van der Waals surface area contributed by atoms with Gasteiger partial charge in [0.1, 0.15) is 0 Å². The van der Waals surface area contributed by atoms with Crippen molar-refractivity contribution in [3.8, 4) is 0 Å². The fraction of sp³-hybridized carbons (Fsp3) is 1.00. The van der Waals surface area contributed by atoms with E-state index in [0.29, 0.717) is 12.6 Å². The van der Waals surface area contributed by atoms with E-state index in [1.807, 2.05) is 0 Å². The molecule has 2 atom stereocenters. The van der Waals surface area contributed by atoms with Crippen molar-refractivity contribution in [2.75, 3.05) is 40.5 Å². The Kier molecular flexibility index (Phi) is 7.29. The van der Waals surface area contributed by atoms with Crippen LogP contribution < -0.4 is 5.32 Å². The maximum Gasteiger partial charge on any atom is 0.0933 e. The first-order valence-corrected chi connectivity index (χ1v) is 7.48. The Morgan fingerprint density at radius 1 is 1.32 bits per heavy atom. The second-order valence-electron chi connectivity index (χ2n) is 6.67. The van der Waals surface area contributed by atoms with Crippen LogP contribution in [0.3, 0.4) is 0 Å². The van der Waals surface area contributed by atoms with Gasteiger partial charge in [-0.2, -0.15) is 0 Å². The third-order valence-electron chi connectivity index (χ3n) is 3.66. The summed E-state index contributed by atoms with van der Waals surface area (Å²) in [7, 11) is 3.94. The van der Waals surface area contributed by atoms with Gasteiger partial charge in [0.25, 0.3) is 0 Å². The van der Waals surface area contributed by atoms with Crippen LogP contribution in [0.25, 0.3) is 0 Å². The van der Waals surface area contributed by atoms with E-state index in [2.05, 4.69) is 38.0 Å². The van der Waals surface area contributed by atoms with Crippen molar-refractivity contribution in [1.29, 1.82) is 0 Å². The van der Waals surface area contributed by atoms with E-state index in [1.54, 1.807) is 7.11 Å². The van der Waals surface area contributed by atoms with E-state index in [4.69, 9.17) is 9.47 Å². The first-order chi connectivity index (χ1) is 8.92. The minimum absolute atomic E-state index is 0.122. The zero-order valence-electron chi connectivity index (χ0n) is 13.4. The molecular formula is C15H32N2O2. The standard InChI is InChI=1S/C15H32N2O2/c1-15(2,3)16-10-14(12-18-5)19-11-13-8-6-7-9-17(13)4/h13-14,16H,6-12H2,1-5H3. The van der Waals surface area contributed by atoms with Crippen LogP contribution in [0, 0.1) is 0 Å². The van der Waals surface area contributed by atoms with Gasteiger partial charge in [-0.05, 0) is 47.2 Å². The SMILES string of the molecule is COCC(CNC(C)(C)C)OCC1CCCCN1C. The van der Waals surface area contributed by atoms with E-state index in [-0.39, 0.29) is 11.6 Å². The Bertz CT molecular complexity index is 241. The molecule has 0 saturated carbocycles. The van der Waals surface area contributed by atoms with Crippen molar-refractivity contribution < 1.29 is 9.47 Å². The third-order valence-corrected chi connectivity index (χ3v) is 3.66. The van der Waals surface area contributed by atoms with E-state index < -0.39 is 0 Å². The summed E-state index contributed by atoms with van der Waals surface area (Å²) >= 11 is 0. The number of hydrogen-bond acceptors (Lipinski definition) is 4. The number of likely N-dealkylation sites (N-methyl/N-ethyl adjacent to an activating group) is 1. The Morgan fingerprint density at radius 2 is 2.05 bits per heavy atom. The van der Waals surface area contributed by atoms with Crippen molar-refractivity contribution in [2.45, 2.75) is 57.7 Å². The molecule has 4 nitrogen and oxygen atoms in total. The molecule has 1 aliphatic rings. The van der Waals surface area contributed by atoms with Crippen molar-refractivity contribution in [1.82, 2.24) is 10.2 Å². The monoisotopic (exact) mass is 272 g/mol. The highest BCUT2D eigenvalue weighted by Crippen LogP contribution is 2.15. The zero-order valence-corrected chi connectivity index (χ0v) is 13.4. The van der Waals surface area contributed by atoms with Crippen LogP contribution in [-0.4, -0.2) is 63.0 Å². The van der Waals surface area contributed by atoms with E-state index in [1.165, 1.54) is 25.8 Å². The van der Waals surface area contributed by atoms with Gasteiger partial charge in [-0.15, -0.1) is 0 Å². The van der Waals surface area contributed by atoms with Crippen molar-refractivity contribution >= 4 is 0 Å². The molecule has 1 saturated heterocycles. The summed E-state index contributed by atoms with van der Waals surface area (Å²) in [6.07, 6.45) is 4.04. The summed E-state index contributed by atoms with van der Waals surface area (Å²) in [6, 6.07) is 0.572. The van der Waals surface area contributed by atoms with Gasteiger partial charge in [0, 0.05) is 25.2 Å². The summed E-state index contributed by atoms with van der Waals surface area (Å²) in [5.41, 5.74) is 0.122. The predicted molar refractivity (Wildman–Crippen MR) is 79.6 cm³/mol. The predicted octanol–water partition coefficient (Wildman–Crippen LogP) is 1.89. The molecule has 0 spiro atoms. The average molecular weight is 272 g/mol. The summed E-state index contributed by atoms with van der Waals surface area (Å²) in [5, 5.41) is 3.49. The Morgan fingerprint density at radius 3 is 2.63 bits per heavy atom. The molecule has 0 amide bonds. The first kappa shape index (κ1) is 16.9. The molecule has 1 heterocycles. The largest absolute Gasteiger partial charge is 0.382 e. The van der Waals surface area contributed by atoms with Crippen LogP contribution in [0.4, 0.5) is 0 Å². The number of rotatable bonds is 7. The topological polar surface area (TPSA) is 33.7 Å². The summed E-state index contributed by atoms with van der Waals surface area (Å²) < 4.78 is 11.3. The number of hydrogen-bond donors (Lipinski definition) is 1. The molecule has 0 aliphatic carbocycles. The Hall–Kier alpha value is -0.160. The van der Waals surface area contributed by atoms with Gasteiger partial charge >= 0.3 is 0 Å². The molecule has 0 radical (unpaired) electrons. The van der Waals surface area contributed by atoms with Gasteiger partial charge < -0.3 is 19.7 Å². The van der Waals surface area contributed by atoms with Gasteiger partial charge in [0.2, 0.25) is 0 Å². The summed E-state index contributed by atoms with van der Waals surface area (Å²) in [4.78, 5) is 2.42. The van der Waals surface area contributed by atoms with Gasteiger partial charge in [0.15, 0.2) is 0 Å². The smallest absolute Gasteiger partial charge is 0.0933 e. The lowest BCUT2D eigenvalue weighted by Crippen LogP contribution is -2.45. The summed E-state index contributed by atoms with van der Waals surface area (Å²) in [6.45, 7) is 10.0. The molecule has 4 heteroatoms. The van der Waals surface area contributed by atoms with E-state index in [0.717, 1.165) is 13.2 Å². The van der Waals surface area contributed by atoms with Crippen LogP contribution >= 0.6 is 0 Å². The molecule has 114 valence electrons. The molecular weight excluding hydrogens is 240 g/mol. The zero-order chi connectivity index (χ0) is 14.3. The van der Waals surface area contributed by atoms with Crippen LogP contribution in [0.2, 0.25) is 0 Å². The average Bonchev–Trinajstić information content (AvgIpc) is 2.33. The second kappa shape index (κ2) is 8.20. The molecule has 19 heavy (non-hydrogen) atoms. The van der Waals surface area contributed by atoms with Gasteiger partial charge in [0.05, 0.1) is 19.3 Å². The summed E-state index contributed by atoms with van der Waals surface area (Å²) in [5.74, 6) is 0. The van der Waals surface area contributed by atoms with Crippen LogP contribution in [0.15, 0.2) is 0 Å². The molecule has 1 rings (SSSR count). The first-order valence-electron chi connectivity index (χ1n) is 7.48. The van der Waals surface area contributed by atoms with E-state index >= 15 is 0 Å². The minimum Gasteiger partial charge on any atom is -0.382 e. The quantitative estimate of drug-likeness (QED) is 0.767. The number of methoxy groups -OCH3 is 1. The lowest BCUT2D eigenvalue weighted by Gasteiger charge is -2.33. The maximum absolute atomic E-state index is 6.06. The highest BCUT2D eigenvalue weighted by molar-refractivity contribution is 4.76. The fourth-order valence-corrected chi connectivity index (χ4v) is 2.37. The van der Waals surface area contributed by atoms with Crippen molar-refractivity contribution in [3.63, 3.8) is 0 Å². The maximum atomic E-state index is 6.06. The molecule has 2 unspecified atom stereocenters. The molecule has 1 N–H and O–H groups in total. The lowest BCUT2D eigenvalue weighted by molar-refractivity contribution is -0.0318. The molecule has 1 fully saturated rings. The second-order valence-corrected chi connectivity index (χ2v) is 6.67. The number of likely N-dealkylation sites (tertiary alicyclic amines) is 1. The van der Waals surface area contributed by atoms with Crippen molar-refractivity contribution in [3.05, 3.63) is 0 Å². The van der Waals surface area contributed by atoms with Gasteiger partial charge in [-0.3, -0.25) is 0 Å². The minimum atomic E-state index is 0.122. The molecule has 1 aliphatic heterocycles. The van der Waals surface area contributed by atoms with E-state index in [9.17, 15) is 0 Å². The number of nitrogens with zero attached hydrogens (tertiary/aromatic N) is 1. The third kappa shape index (κ3) is 7.25. The van der Waals surface area contributed by atoms with Gasteiger partial charge in [-0.25, -0.2) is 0 Å². The van der Waals surface area contributed by atoms with Crippen LogP contribution in [-0.2, 0) is 9.47 Å². The van der Waals surface area contributed by atoms with Gasteiger partial charge in [-0.1, -0.05) is 6.42 Å². The molecule has 0 bridgehead atoms. The molecule has 0 aromatic heterocycles. The van der Waals surface area contributed by atoms with Crippen LogP contribution in [0.1, 0.15) is 40.0 Å². The number of piperidine rings is 1. The number of ether oxygens (including phenoxy) is 2.